The molecule has 3 amide bonds. The predicted molar refractivity (Wildman–Crippen MR) is 98.0 cm³/mol. The highest BCUT2D eigenvalue weighted by atomic mass is 19.1. The first-order valence-electron chi connectivity index (χ1n) is 9.34. The lowest BCUT2D eigenvalue weighted by Crippen LogP contribution is -2.34. The van der Waals surface area contributed by atoms with Crippen molar-refractivity contribution in [1.82, 2.24) is 15.7 Å². The van der Waals surface area contributed by atoms with Gasteiger partial charge in [0.25, 0.3) is 0 Å². The van der Waals surface area contributed by atoms with Crippen LogP contribution in [-0.4, -0.2) is 71.4 Å². The van der Waals surface area contributed by atoms with Crippen LogP contribution in [0.25, 0.3) is 0 Å². The topological polar surface area (TPSA) is 162 Å². The monoisotopic (exact) mass is 406 g/mol. The molecular formula is C17H31FN4O6. The van der Waals surface area contributed by atoms with Gasteiger partial charge in [-0.1, -0.05) is 6.42 Å². The minimum Gasteiger partial charge on any atom is -0.481 e. The molecule has 0 rings (SSSR count). The summed E-state index contributed by atoms with van der Waals surface area (Å²) in [6, 6.07) is 0. The number of nitrogens with zero attached hydrogens (tertiary/aromatic N) is 1. The molecule has 1 atom stereocenters. The predicted octanol–water partition coefficient (Wildman–Crippen LogP) is -0.0612. The van der Waals surface area contributed by atoms with Crippen LogP contribution in [0.15, 0.2) is 0 Å². The maximum Gasteiger partial charge on any atom is 0.303 e. The van der Waals surface area contributed by atoms with E-state index in [1.807, 2.05) is 0 Å². The molecule has 0 aromatic carbocycles. The number of carbonyl (C=O) groups is 4. The molecule has 28 heavy (non-hydrogen) atoms. The molecule has 162 valence electrons. The average Bonchev–Trinajstić information content (AvgIpc) is 2.65. The average molecular weight is 406 g/mol. The van der Waals surface area contributed by atoms with Crippen LogP contribution >= 0.6 is 0 Å². The van der Waals surface area contributed by atoms with Crippen molar-refractivity contribution >= 4 is 23.7 Å². The van der Waals surface area contributed by atoms with Gasteiger partial charge in [-0.15, -0.1) is 0 Å². The number of unbranched alkanes of at least 4 members (excludes halogenated alkanes) is 2. The van der Waals surface area contributed by atoms with E-state index in [0.717, 1.165) is 12.8 Å². The molecule has 0 aliphatic heterocycles. The van der Waals surface area contributed by atoms with Crippen LogP contribution in [0.2, 0.25) is 0 Å². The summed E-state index contributed by atoms with van der Waals surface area (Å²) in [7, 11) is 0. The lowest BCUT2D eigenvalue weighted by molar-refractivity contribution is -0.166. The molecule has 0 saturated heterocycles. The second-order valence-electron chi connectivity index (χ2n) is 6.30. The van der Waals surface area contributed by atoms with E-state index in [4.69, 9.17) is 10.8 Å². The highest BCUT2D eigenvalue weighted by molar-refractivity contribution is 5.83. The van der Waals surface area contributed by atoms with Crippen molar-refractivity contribution in [3.05, 3.63) is 0 Å². The molecule has 0 aliphatic rings. The number of halogens is 1. The van der Waals surface area contributed by atoms with E-state index in [9.17, 15) is 28.8 Å². The number of aliphatic carboxylic acids is 1. The normalized spacial score (nSPS) is 11.5. The molecular weight excluding hydrogens is 375 g/mol. The van der Waals surface area contributed by atoms with Crippen molar-refractivity contribution in [2.45, 2.75) is 57.5 Å². The van der Waals surface area contributed by atoms with Gasteiger partial charge < -0.3 is 21.5 Å². The Labute approximate surface area is 163 Å². The Morgan fingerprint density at radius 1 is 0.964 bits per heavy atom. The number of hydrogen-bond donors (Lipinski definition) is 5. The van der Waals surface area contributed by atoms with Crippen molar-refractivity contribution in [3.8, 4) is 0 Å². The van der Waals surface area contributed by atoms with Gasteiger partial charge in [0.15, 0.2) is 0 Å². The number of nitrogens with one attached hydrogen (secondary N) is 2. The molecule has 0 bridgehead atoms. The summed E-state index contributed by atoms with van der Waals surface area (Å²) in [4.78, 5) is 44.9. The van der Waals surface area contributed by atoms with Crippen LogP contribution in [0.3, 0.4) is 0 Å². The van der Waals surface area contributed by atoms with Crippen LogP contribution in [-0.2, 0) is 19.2 Å². The van der Waals surface area contributed by atoms with Gasteiger partial charge in [-0.2, -0.15) is 0 Å². The third-order valence-electron chi connectivity index (χ3n) is 3.79. The Bertz CT molecular complexity index is 506. The van der Waals surface area contributed by atoms with E-state index in [2.05, 4.69) is 10.6 Å². The molecule has 1 unspecified atom stereocenters. The smallest absolute Gasteiger partial charge is 0.303 e. The molecule has 0 aliphatic carbocycles. The minimum absolute atomic E-state index is 0.0254. The number of carboxylic acids is 1. The number of rotatable bonds is 16. The van der Waals surface area contributed by atoms with Crippen LogP contribution in [0.4, 0.5) is 4.39 Å². The number of alkyl halides is 1. The largest absolute Gasteiger partial charge is 0.481 e. The van der Waals surface area contributed by atoms with Gasteiger partial charge in [-0.05, 0) is 25.8 Å². The standard InChI is InChI=1S/C17H31FN4O6/c18-13(8-10-20-14(23)5-7-17(26)27)12-21-15(24)4-6-16(25)22(28)11-3-1-2-9-19/h13,28H,1-12,19H2,(H,20,23)(H,21,24)(H,26,27). The highest BCUT2D eigenvalue weighted by Crippen LogP contribution is 2.01. The van der Waals surface area contributed by atoms with E-state index in [1.165, 1.54) is 0 Å². The summed E-state index contributed by atoms with van der Waals surface area (Å²) >= 11 is 0. The van der Waals surface area contributed by atoms with Gasteiger partial charge in [0.2, 0.25) is 17.7 Å². The number of hydrogen-bond acceptors (Lipinski definition) is 6. The van der Waals surface area contributed by atoms with Crippen LogP contribution < -0.4 is 16.4 Å². The van der Waals surface area contributed by atoms with Crippen molar-refractivity contribution in [1.29, 1.82) is 0 Å². The number of amides is 3. The van der Waals surface area contributed by atoms with Gasteiger partial charge in [0, 0.05) is 38.9 Å². The third kappa shape index (κ3) is 14.9. The second kappa shape index (κ2) is 15.8. The maximum atomic E-state index is 13.7. The van der Waals surface area contributed by atoms with Gasteiger partial charge in [-0.3, -0.25) is 24.4 Å². The Morgan fingerprint density at radius 2 is 1.61 bits per heavy atom. The van der Waals surface area contributed by atoms with E-state index >= 15 is 0 Å². The first-order chi connectivity index (χ1) is 13.3. The van der Waals surface area contributed by atoms with E-state index < -0.39 is 29.9 Å². The molecule has 0 spiro atoms. The van der Waals surface area contributed by atoms with Crippen LogP contribution in [0.5, 0.6) is 0 Å². The number of carboxylic acid groups (broad SMARTS) is 1. The zero-order valence-electron chi connectivity index (χ0n) is 16.0. The van der Waals surface area contributed by atoms with Crippen molar-refractivity contribution in [2.24, 2.45) is 5.73 Å². The van der Waals surface area contributed by atoms with E-state index in [1.54, 1.807) is 0 Å². The SMILES string of the molecule is NCCCCCN(O)C(=O)CCC(=O)NCC(F)CCNC(=O)CCC(=O)O. The first kappa shape index (κ1) is 25.7. The molecule has 6 N–H and O–H groups in total. The lowest BCUT2D eigenvalue weighted by Gasteiger charge is -2.15. The van der Waals surface area contributed by atoms with Crippen LogP contribution in [0.1, 0.15) is 51.4 Å². The summed E-state index contributed by atoms with van der Waals surface area (Å²) in [5, 5.41) is 23.3. The highest BCUT2D eigenvalue weighted by Gasteiger charge is 2.14. The quantitative estimate of drug-likeness (QED) is 0.136. The molecule has 0 radical (unpaired) electrons. The summed E-state index contributed by atoms with van der Waals surface area (Å²) in [5.74, 6) is -2.66. The van der Waals surface area contributed by atoms with Crippen molar-refractivity contribution in [2.75, 3.05) is 26.2 Å². The maximum absolute atomic E-state index is 13.7. The number of hydroxylamine groups is 2. The Balaban J connectivity index is 3.80. The van der Waals surface area contributed by atoms with Gasteiger partial charge in [0.1, 0.15) is 6.17 Å². The van der Waals surface area contributed by atoms with Crippen molar-refractivity contribution < 1.29 is 33.9 Å². The number of nitrogens with two attached hydrogens (primary N) is 1. The number of carbonyl (C=O) groups excluding carboxylic acids is 3. The third-order valence-corrected chi connectivity index (χ3v) is 3.79. The Morgan fingerprint density at radius 3 is 2.25 bits per heavy atom. The molecule has 0 saturated carbocycles. The van der Waals surface area contributed by atoms with Gasteiger partial charge in [0.05, 0.1) is 6.42 Å². The Hall–Kier alpha value is -2.27. The molecule has 11 heteroatoms. The molecule has 0 fully saturated rings. The minimum atomic E-state index is -1.39. The van der Waals surface area contributed by atoms with Gasteiger partial charge >= 0.3 is 5.97 Å². The summed E-state index contributed by atoms with van der Waals surface area (Å²) in [6.45, 7) is 0.481. The second-order valence-corrected chi connectivity index (χ2v) is 6.30. The summed E-state index contributed by atoms with van der Waals surface area (Å²) in [6.07, 6.45) is -0.0401. The Kier molecular flexibility index (Phi) is 14.5. The fourth-order valence-corrected chi connectivity index (χ4v) is 2.15. The van der Waals surface area contributed by atoms with Crippen LogP contribution in [0, 0.1) is 0 Å². The van der Waals surface area contributed by atoms with E-state index in [0.29, 0.717) is 18.0 Å². The summed E-state index contributed by atoms with van der Waals surface area (Å²) in [5.41, 5.74) is 5.35. The molecule has 0 aromatic heterocycles. The molecule has 10 nitrogen and oxygen atoms in total. The van der Waals surface area contributed by atoms with Crippen molar-refractivity contribution in [3.63, 3.8) is 0 Å². The van der Waals surface area contributed by atoms with Gasteiger partial charge in [-0.25, -0.2) is 9.45 Å². The zero-order chi connectivity index (χ0) is 21.4. The van der Waals surface area contributed by atoms with E-state index in [-0.39, 0.29) is 51.7 Å². The first-order valence-corrected chi connectivity index (χ1v) is 9.34. The molecule has 0 aromatic rings. The fourth-order valence-electron chi connectivity index (χ4n) is 2.15. The lowest BCUT2D eigenvalue weighted by atomic mass is 10.2. The fraction of sp³-hybridized carbons (Fsp3) is 0.765. The molecule has 0 heterocycles. The summed E-state index contributed by atoms with van der Waals surface area (Å²) < 4.78 is 13.7. The zero-order valence-corrected chi connectivity index (χ0v) is 16.0.